The summed E-state index contributed by atoms with van der Waals surface area (Å²) in [6.07, 6.45) is 0. The maximum absolute atomic E-state index is 5.51. The molecule has 1 saturated heterocycles. The van der Waals surface area contributed by atoms with Gasteiger partial charge >= 0.3 is 0 Å². The molecule has 1 aliphatic rings. The summed E-state index contributed by atoms with van der Waals surface area (Å²) < 4.78 is 5.51. The van der Waals surface area contributed by atoms with Gasteiger partial charge in [0.15, 0.2) is 0 Å². The summed E-state index contributed by atoms with van der Waals surface area (Å²) in [7, 11) is 0. The first-order valence-corrected chi connectivity index (χ1v) is 10.1. The van der Waals surface area contributed by atoms with Gasteiger partial charge in [0, 0.05) is 37.4 Å². The minimum absolute atomic E-state index is 0.522. The second-order valence-corrected chi connectivity index (χ2v) is 7.89. The van der Waals surface area contributed by atoms with Gasteiger partial charge < -0.3 is 9.42 Å². The van der Waals surface area contributed by atoms with Gasteiger partial charge in [0.05, 0.1) is 6.54 Å². The Labute approximate surface area is 167 Å². The first-order chi connectivity index (χ1) is 13.6. The first kappa shape index (κ1) is 18.7. The van der Waals surface area contributed by atoms with Crippen molar-refractivity contribution < 1.29 is 4.52 Å². The molecule has 28 heavy (non-hydrogen) atoms. The van der Waals surface area contributed by atoms with Crippen LogP contribution in [0.5, 0.6) is 0 Å². The number of hydrogen-bond donors (Lipinski definition) is 0. The average molecular weight is 377 g/mol. The van der Waals surface area contributed by atoms with Crippen LogP contribution in [0.3, 0.4) is 0 Å². The van der Waals surface area contributed by atoms with Crippen LogP contribution < -0.4 is 4.90 Å². The topological polar surface area (TPSA) is 45.4 Å². The molecule has 0 saturated carbocycles. The van der Waals surface area contributed by atoms with Crippen molar-refractivity contribution >= 4 is 5.69 Å². The molecule has 0 bridgehead atoms. The summed E-state index contributed by atoms with van der Waals surface area (Å²) in [5, 5.41) is 4.18. The standard InChI is InChI=1S/C23H28N4O/c1-17(2)19-7-9-20(10-8-19)23-24-22(28-25-23)16-26-11-13-27(14-12-26)21-6-4-5-18(3)15-21/h4-10,15,17H,11-14,16H2,1-3H3. The zero-order chi connectivity index (χ0) is 19.5. The Morgan fingerprint density at radius 3 is 2.43 bits per heavy atom. The lowest BCUT2D eigenvalue weighted by Gasteiger charge is -2.35. The van der Waals surface area contributed by atoms with Crippen LogP contribution in [0.2, 0.25) is 0 Å². The Balaban J connectivity index is 1.35. The van der Waals surface area contributed by atoms with Crippen LogP contribution in [-0.2, 0) is 6.54 Å². The lowest BCUT2D eigenvalue weighted by molar-refractivity contribution is 0.215. The molecule has 0 spiro atoms. The number of piperazine rings is 1. The van der Waals surface area contributed by atoms with E-state index in [4.69, 9.17) is 4.52 Å². The molecule has 4 rings (SSSR count). The van der Waals surface area contributed by atoms with Gasteiger partial charge in [0.2, 0.25) is 11.7 Å². The zero-order valence-corrected chi connectivity index (χ0v) is 16.9. The van der Waals surface area contributed by atoms with Crippen LogP contribution in [0.25, 0.3) is 11.4 Å². The molecule has 0 N–H and O–H groups in total. The second-order valence-electron chi connectivity index (χ2n) is 7.89. The van der Waals surface area contributed by atoms with Crippen LogP contribution in [0.15, 0.2) is 53.1 Å². The van der Waals surface area contributed by atoms with Crippen molar-refractivity contribution in [3.05, 3.63) is 65.5 Å². The Kier molecular flexibility index (Phi) is 5.44. The van der Waals surface area contributed by atoms with Crippen molar-refractivity contribution in [2.24, 2.45) is 0 Å². The van der Waals surface area contributed by atoms with Gasteiger partial charge in [0.1, 0.15) is 0 Å². The third-order valence-corrected chi connectivity index (χ3v) is 5.40. The predicted octanol–water partition coefficient (Wildman–Crippen LogP) is 4.49. The SMILES string of the molecule is Cc1cccc(N2CCN(Cc3nc(-c4ccc(C(C)C)cc4)no3)CC2)c1. The van der Waals surface area contributed by atoms with Crippen molar-refractivity contribution in [1.82, 2.24) is 15.0 Å². The van der Waals surface area contributed by atoms with Crippen molar-refractivity contribution in [1.29, 1.82) is 0 Å². The molecule has 0 amide bonds. The lowest BCUT2D eigenvalue weighted by atomic mass is 10.0. The quantitative estimate of drug-likeness (QED) is 0.656. The molecule has 5 nitrogen and oxygen atoms in total. The number of aromatic nitrogens is 2. The molecule has 0 unspecified atom stereocenters. The second kappa shape index (κ2) is 8.15. The zero-order valence-electron chi connectivity index (χ0n) is 16.9. The molecule has 0 atom stereocenters. The molecule has 3 aromatic rings. The average Bonchev–Trinajstić information content (AvgIpc) is 3.17. The molecule has 1 aliphatic heterocycles. The van der Waals surface area contributed by atoms with Crippen molar-refractivity contribution in [3.8, 4) is 11.4 Å². The molecule has 1 fully saturated rings. The van der Waals surface area contributed by atoms with Gasteiger partial charge in [-0.1, -0.05) is 55.4 Å². The summed E-state index contributed by atoms with van der Waals surface area (Å²) in [5.74, 6) is 1.88. The van der Waals surface area contributed by atoms with Gasteiger partial charge in [-0.15, -0.1) is 0 Å². The molecular weight excluding hydrogens is 348 g/mol. The number of nitrogens with zero attached hydrogens (tertiary/aromatic N) is 4. The normalized spacial score (nSPS) is 15.4. The van der Waals surface area contributed by atoms with E-state index in [2.05, 4.69) is 89.2 Å². The molecular formula is C23H28N4O. The highest BCUT2D eigenvalue weighted by atomic mass is 16.5. The van der Waals surface area contributed by atoms with E-state index in [1.165, 1.54) is 16.8 Å². The third kappa shape index (κ3) is 4.25. The van der Waals surface area contributed by atoms with Crippen LogP contribution in [0.4, 0.5) is 5.69 Å². The molecule has 2 heterocycles. The van der Waals surface area contributed by atoms with Gasteiger partial charge in [-0.3, -0.25) is 4.90 Å². The molecule has 0 aliphatic carbocycles. The fourth-order valence-corrected chi connectivity index (χ4v) is 3.63. The Hall–Kier alpha value is -2.66. The Morgan fingerprint density at radius 1 is 1.00 bits per heavy atom. The molecule has 2 aromatic carbocycles. The molecule has 5 heteroatoms. The first-order valence-electron chi connectivity index (χ1n) is 10.1. The number of aryl methyl sites for hydroxylation is 1. The van der Waals surface area contributed by atoms with E-state index >= 15 is 0 Å². The fraction of sp³-hybridized carbons (Fsp3) is 0.391. The monoisotopic (exact) mass is 376 g/mol. The minimum atomic E-state index is 0.522. The van der Waals surface area contributed by atoms with E-state index in [1.807, 2.05) is 0 Å². The maximum Gasteiger partial charge on any atom is 0.241 e. The van der Waals surface area contributed by atoms with E-state index in [-0.39, 0.29) is 0 Å². The highest BCUT2D eigenvalue weighted by molar-refractivity contribution is 5.54. The highest BCUT2D eigenvalue weighted by Crippen LogP contribution is 2.22. The highest BCUT2D eigenvalue weighted by Gasteiger charge is 2.20. The van der Waals surface area contributed by atoms with Crippen molar-refractivity contribution in [3.63, 3.8) is 0 Å². The summed E-state index contributed by atoms with van der Waals surface area (Å²) in [6.45, 7) is 11.3. The number of anilines is 1. The number of hydrogen-bond acceptors (Lipinski definition) is 5. The number of benzene rings is 2. The summed E-state index contributed by atoms with van der Waals surface area (Å²) >= 11 is 0. The Morgan fingerprint density at radius 2 is 1.75 bits per heavy atom. The van der Waals surface area contributed by atoms with Gasteiger partial charge in [-0.05, 0) is 36.1 Å². The molecule has 146 valence electrons. The van der Waals surface area contributed by atoms with Crippen molar-refractivity contribution in [2.75, 3.05) is 31.1 Å². The van der Waals surface area contributed by atoms with Crippen LogP contribution in [-0.4, -0.2) is 41.2 Å². The fourth-order valence-electron chi connectivity index (χ4n) is 3.63. The van der Waals surface area contributed by atoms with Gasteiger partial charge in [-0.2, -0.15) is 4.98 Å². The predicted molar refractivity (Wildman–Crippen MR) is 112 cm³/mol. The van der Waals surface area contributed by atoms with E-state index in [9.17, 15) is 0 Å². The third-order valence-electron chi connectivity index (χ3n) is 5.40. The summed E-state index contributed by atoms with van der Waals surface area (Å²) in [6, 6.07) is 17.1. The smallest absolute Gasteiger partial charge is 0.241 e. The van der Waals surface area contributed by atoms with Crippen LogP contribution >= 0.6 is 0 Å². The van der Waals surface area contributed by atoms with Gasteiger partial charge in [-0.25, -0.2) is 0 Å². The van der Waals surface area contributed by atoms with E-state index in [0.717, 1.165) is 31.7 Å². The van der Waals surface area contributed by atoms with Crippen LogP contribution in [0, 0.1) is 6.92 Å². The Bertz CT molecular complexity index is 908. The minimum Gasteiger partial charge on any atom is -0.369 e. The number of rotatable bonds is 5. The van der Waals surface area contributed by atoms with E-state index in [0.29, 0.717) is 24.2 Å². The van der Waals surface area contributed by atoms with Crippen molar-refractivity contribution in [2.45, 2.75) is 33.2 Å². The summed E-state index contributed by atoms with van der Waals surface area (Å²) in [5.41, 5.74) is 4.94. The summed E-state index contributed by atoms with van der Waals surface area (Å²) in [4.78, 5) is 9.43. The molecule has 0 radical (unpaired) electrons. The maximum atomic E-state index is 5.51. The largest absolute Gasteiger partial charge is 0.369 e. The lowest BCUT2D eigenvalue weighted by Crippen LogP contribution is -2.46. The molecule has 1 aromatic heterocycles. The van der Waals surface area contributed by atoms with E-state index in [1.54, 1.807) is 0 Å². The van der Waals surface area contributed by atoms with Crippen LogP contribution in [0.1, 0.15) is 36.8 Å². The van der Waals surface area contributed by atoms with E-state index < -0.39 is 0 Å². The van der Waals surface area contributed by atoms with Gasteiger partial charge in [0.25, 0.3) is 0 Å².